The molecule has 0 radical (unpaired) electrons. The van der Waals surface area contributed by atoms with Crippen molar-refractivity contribution < 1.29 is 10.2 Å². The topological polar surface area (TPSA) is 40.5 Å². The van der Waals surface area contributed by atoms with E-state index in [4.69, 9.17) is 0 Å². The van der Waals surface area contributed by atoms with E-state index in [1.807, 2.05) is 0 Å². The summed E-state index contributed by atoms with van der Waals surface area (Å²) in [6.07, 6.45) is 16.5. The van der Waals surface area contributed by atoms with Gasteiger partial charge in [0.1, 0.15) is 0 Å². The van der Waals surface area contributed by atoms with Gasteiger partial charge >= 0.3 is 0 Å². The van der Waals surface area contributed by atoms with E-state index in [0.717, 1.165) is 38.5 Å². The largest absolute Gasteiger partial charge is 0.396 e. The van der Waals surface area contributed by atoms with Gasteiger partial charge in [-0.15, -0.1) is 0 Å². The van der Waals surface area contributed by atoms with E-state index >= 15 is 0 Å². The molecule has 180 valence electrons. The summed E-state index contributed by atoms with van der Waals surface area (Å²) in [6, 6.07) is 14.3. The maximum atomic E-state index is 9.52. The lowest BCUT2D eigenvalue weighted by molar-refractivity contribution is 0.0854. The molecule has 0 unspecified atom stereocenters. The lowest BCUT2D eigenvalue weighted by atomic mass is 9.73. The van der Waals surface area contributed by atoms with Crippen molar-refractivity contribution >= 4 is 12.2 Å². The van der Waals surface area contributed by atoms with Gasteiger partial charge in [-0.2, -0.15) is 0 Å². The molecule has 0 aromatic heterocycles. The normalized spacial score (nSPS) is 22.1. The van der Waals surface area contributed by atoms with Crippen LogP contribution in [-0.2, 0) is 19.3 Å². The second kappa shape index (κ2) is 10.6. The number of aliphatic hydroxyl groups is 2. The molecule has 0 heterocycles. The predicted octanol–water partition coefficient (Wildman–Crippen LogP) is 6.87. The van der Waals surface area contributed by atoms with Crippen molar-refractivity contribution in [3.05, 3.63) is 80.9 Å². The first-order chi connectivity index (χ1) is 16.7. The van der Waals surface area contributed by atoms with Crippen LogP contribution in [0.2, 0.25) is 0 Å². The van der Waals surface area contributed by atoms with Crippen molar-refractivity contribution in [2.75, 3.05) is 13.2 Å². The zero-order valence-corrected chi connectivity index (χ0v) is 20.7. The monoisotopic (exact) mass is 456 g/mol. The third kappa shape index (κ3) is 4.95. The zero-order valence-electron chi connectivity index (χ0n) is 20.7. The van der Waals surface area contributed by atoms with Gasteiger partial charge in [0, 0.05) is 19.1 Å². The van der Waals surface area contributed by atoms with Crippen LogP contribution < -0.4 is 0 Å². The maximum Gasteiger partial charge on any atom is 0.0483 e. The molecule has 3 aliphatic carbocycles. The molecule has 2 aromatic carbocycles. The van der Waals surface area contributed by atoms with E-state index in [1.165, 1.54) is 70.2 Å². The highest BCUT2D eigenvalue weighted by Gasteiger charge is 2.28. The highest BCUT2D eigenvalue weighted by atomic mass is 16.3. The smallest absolute Gasteiger partial charge is 0.0483 e. The van der Waals surface area contributed by atoms with Crippen molar-refractivity contribution in [1.29, 1.82) is 0 Å². The lowest BCUT2D eigenvalue weighted by Crippen LogP contribution is -2.26. The molecule has 2 N–H and O–H groups in total. The number of allylic oxidation sites excluding steroid dienone is 2. The minimum Gasteiger partial charge on any atom is -0.396 e. The molecule has 2 nitrogen and oxygen atoms in total. The molecule has 0 amide bonds. The van der Waals surface area contributed by atoms with Crippen molar-refractivity contribution in [3.8, 4) is 0 Å². The Bertz CT molecular complexity index is 1060. The molecule has 0 saturated heterocycles. The summed E-state index contributed by atoms with van der Waals surface area (Å²) < 4.78 is 0. The molecule has 0 aliphatic heterocycles. The van der Waals surface area contributed by atoms with Crippen LogP contribution in [0.5, 0.6) is 0 Å². The molecule has 34 heavy (non-hydrogen) atoms. The highest BCUT2D eigenvalue weighted by molar-refractivity contribution is 5.71. The zero-order chi connectivity index (χ0) is 23.5. The molecular weight excluding hydrogens is 416 g/mol. The number of fused-ring (bicyclic) bond motifs is 2. The van der Waals surface area contributed by atoms with Crippen molar-refractivity contribution in [2.24, 2.45) is 11.8 Å². The van der Waals surface area contributed by atoms with E-state index in [9.17, 15) is 10.2 Å². The van der Waals surface area contributed by atoms with Crippen LogP contribution in [0, 0.1) is 11.8 Å². The first kappa shape index (κ1) is 23.6. The van der Waals surface area contributed by atoms with Gasteiger partial charge in [-0.05, 0) is 114 Å². The molecule has 2 heteroatoms. The number of hydrogen-bond acceptors (Lipinski definition) is 2. The van der Waals surface area contributed by atoms with Gasteiger partial charge in [-0.1, -0.05) is 61.9 Å². The van der Waals surface area contributed by atoms with E-state index in [-0.39, 0.29) is 19.1 Å². The summed E-state index contributed by atoms with van der Waals surface area (Å²) in [7, 11) is 0. The van der Waals surface area contributed by atoms with Gasteiger partial charge in [-0.3, -0.25) is 0 Å². The van der Waals surface area contributed by atoms with E-state index in [0.29, 0.717) is 11.8 Å². The molecule has 0 atom stereocenters. The van der Waals surface area contributed by atoms with E-state index in [1.54, 1.807) is 0 Å². The first-order valence-corrected chi connectivity index (χ1v) is 13.6. The molecule has 2 aromatic rings. The number of hydrogen-bond donors (Lipinski definition) is 2. The SMILES string of the molecule is CCCc1ccc2c(c1)CCC(C1=Cc3ccc(C4CCC(C(CO)CO)CC4)cc3CC1)=C2. The Morgan fingerprint density at radius 2 is 1.38 bits per heavy atom. The fraction of sp³-hybridized carbons (Fsp3) is 0.500. The first-order valence-electron chi connectivity index (χ1n) is 13.6. The fourth-order valence-electron chi connectivity index (χ4n) is 6.54. The molecule has 0 spiro atoms. The summed E-state index contributed by atoms with van der Waals surface area (Å²) in [5.74, 6) is 1.16. The Kier molecular flexibility index (Phi) is 7.37. The Balaban J connectivity index is 1.29. The second-order valence-corrected chi connectivity index (χ2v) is 10.8. The van der Waals surface area contributed by atoms with Crippen LogP contribution >= 0.6 is 0 Å². The Morgan fingerprint density at radius 1 is 0.765 bits per heavy atom. The lowest BCUT2D eigenvalue weighted by Gasteiger charge is -2.33. The van der Waals surface area contributed by atoms with Gasteiger partial charge in [-0.25, -0.2) is 0 Å². The Morgan fingerprint density at radius 3 is 2.00 bits per heavy atom. The van der Waals surface area contributed by atoms with Crippen molar-refractivity contribution in [1.82, 2.24) is 0 Å². The molecule has 1 saturated carbocycles. The quantitative estimate of drug-likeness (QED) is 0.477. The summed E-state index contributed by atoms with van der Waals surface area (Å²) in [4.78, 5) is 0. The van der Waals surface area contributed by atoms with Gasteiger partial charge in [0.15, 0.2) is 0 Å². The highest BCUT2D eigenvalue weighted by Crippen LogP contribution is 2.41. The number of benzene rings is 2. The Labute approximate surface area is 205 Å². The molecule has 3 aliphatic rings. The maximum absolute atomic E-state index is 9.52. The van der Waals surface area contributed by atoms with Crippen molar-refractivity contribution in [3.63, 3.8) is 0 Å². The van der Waals surface area contributed by atoms with Gasteiger partial charge < -0.3 is 10.2 Å². The Hall–Kier alpha value is -2.16. The second-order valence-electron chi connectivity index (χ2n) is 10.8. The number of aryl methyl sites for hydroxylation is 3. The van der Waals surface area contributed by atoms with E-state index in [2.05, 4.69) is 55.5 Å². The van der Waals surface area contributed by atoms with Gasteiger partial charge in [0.2, 0.25) is 0 Å². The predicted molar refractivity (Wildman–Crippen MR) is 142 cm³/mol. The van der Waals surface area contributed by atoms with Crippen LogP contribution in [0.15, 0.2) is 47.5 Å². The number of rotatable bonds is 7. The average molecular weight is 457 g/mol. The van der Waals surface area contributed by atoms with Gasteiger partial charge in [0.25, 0.3) is 0 Å². The van der Waals surface area contributed by atoms with Crippen LogP contribution in [0.25, 0.3) is 12.2 Å². The summed E-state index contributed by atoms with van der Waals surface area (Å²) in [6.45, 7) is 2.48. The number of aliphatic hydroxyl groups excluding tert-OH is 2. The van der Waals surface area contributed by atoms with Crippen LogP contribution in [0.1, 0.15) is 91.2 Å². The van der Waals surface area contributed by atoms with Gasteiger partial charge in [0.05, 0.1) is 0 Å². The summed E-state index contributed by atoms with van der Waals surface area (Å²) >= 11 is 0. The fourth-order valence-corrected chi connectivity index (χ4v) is 6.54. The van der Waals surface area contributed by atoms with Crippen LogP contribution in [0.4, 0.5) is 0 Å². The minimum atomic E-state index is 0.0625. The summed E-state index contributed by atoms with van der Waals surface area (Å²) in [5, 5.41) is 19.0. The minimum absolute atomic E-state index is 0.0625. The average Bonchev–Trinajstić information content (AvgIpc) is 2.89. The molecule has 0 bridgehead atoms. The van der Waals surface area contributed by atoms with Crippen molar-refractivity contribution in [2.45, 2.75) is 77.0 Å². The standard InChI is InChI=1S/C32H40O2/c1-2-3-22-4-5-27-18-29(12-10-25(27)16-22)31-15-14-28-17-26(11-13-30(28)19-31)23-6-8-24(9-7-23)32(20-33)21-34/h4-5,11,13,16-19,23-24,32-34H,2-3,6-10,12,14-15,20-21H2,1H3. The summed E-state index contributed by atoms with van der Waals surface area (Å²) in [5.41, 5.74) is 11.9. The van der Waals surface area contributed by atoms with Crippen LogP contribution in [-0.4, -0.2) is 23.4 Å². The van der Waals surface area contributed by atoms with Crippen LogP contribution in [0.3, 0.4) is 0 Å². The third-order valence-electron chi connectivity index (χ3n) is 8.69. The molecule has 5 rings (SSSR count). The van der Waals surface area contributed by atoms with E-state index < -0.39 is 0 Å². The molecular formula is C32H40O2. The molecule has 1 fully saturated rings. The third-order valence-corrected chi connectivity index (χ3v) is 8.69.